The molecule has 1 aliphatic rings. The molecule has 3 N–H and O–H groups in total. The lowest BCUT2D eigenvalue weighted by molar-refractivity contribution is -0.134. The van der Waals surface area contributed by atoms with Gasteiger partial charge in [-0.05, 0) is 24.5 Å². The maximum Gasteiger partial charge on any atom is 0.312 e. The van der Waals surface area contributed by atoms with Crippen LogP contribution >= 0.6 is 22.9 Å². The molecule has 1 fully saturated rings. The first-order valence-electron chi connectivity index (χ1n) is 8.21. The second kappa shape index (κ2) is 8.55. The Morgan fingerprint density at radius 3 is 2.35 bits per heavy atom. The summed E-state index contributed by atoms with van der Waals surface area (Å²) in [6.07, 6.45) is 0.466. The number of sulfonamides is 1. The highest BCUT2D eigenvalue weighted by Crippen LogP contribution is 2.28. The van der Waals surface area contributed by atoms with E-state index in [0.29, 0.717) is 10.8 Å². The molecule has 26 heavy (non-hydrogen) atoms. The van der Waals surface area contributed by atoms with Gasteiger partial charge in [-0.25, -0.2) is 13.2 Å². The molecule has 146 valence electrons. The Labute approximate surface area is 162 Å². The Bertz CT molecular complexity index is 757. The van der Waals surface area contributed by atoms with Crippen molar-refractivity contribution in [3.8, 4) is 0 Å². The van der Waals surface area contributed by atoms with E-state index < -0.39 is 22.1 Å². The minimum atomic E-state index is -3.61. The molecular formula is C15H23ClN4O4S2. The third-order valence-electron chi connectivity index (χ3n) is 4.01. The fraction of sp³-hybridized carbons (Fsp3) is 0.600. The standard InChI is InChI=1S/C15H23ClN4O4S2/c1-10(2)9-11(18-15(17)22)14(21)19-5-7-20(8-6-19)26(23,24)13-4-3-12(16)25-13/h3-4,10-11H,5-9H2,1-2H3,(H3,17,18,22)/t11-/m0/s1. The zero-order valence-corrected chi connectivity index (χ0v) is 17.0. The molecule has 0 aliphatic carbocycles. The van der Waals surface area contributed by atoms with Crippen molar-refractivity contribution in [2.24, 2.45) is 11.7 Å². The second-order valence-corrected chi connectivity index (χ2v) is 10.4. The first-order chi connectivity index (χ1) is 12.1. The molecule has 8 nitrogen and oxygen atoms in total. The Morgan fingerprint density at radius 2 is 1.88 bits per heavy atom. The highest BCUT2D eigenvalue weighted by molar-refractivity contribution is 7.91. The summed E-state index contributed by atoms with van der Waals surface area (Å²) in [5.41, 5.74) is 5.16. The minimum Gasteiger partial charge on any atom is -0.352 e. The van der Waals surface area contributed by atoms with Crippen LogP contribution in [0.4, 0.5) is 4.79 Å². The molecule has 1 aliphatic heterocycles. The van der Waals surface area contributed by atoms with Crippen molar-refractivity contribution in [2.75, 3.05) is 26.2 Å². The molecule has 3 amide bonds. The van der Waals surface area contributed by atoms with E-state index in [9.17, 15) is 18.0 Å². The Hall–Kier alpha value is -1.36. The van der Waals surface area contributed by atoms with Crippen molar-refractivity contribution in [3.63, 3.8) is 0 Å². The van der Waals surface area contributed by atoms with E-state index in [1.807, 2.05) is 13.8 Å². The average molecular weight is 423 g/mol. The summed E-state index contributed by atoms with van der Waals surface area (Å²) >= 11 is 6.83. The molecule has 1 saturated heterocycles. The van der Waals surface area contributed by atoms with E-state index in [-0.39, 0.29) is 42.2 Å². The Balaban J connectivity index is 2.02. The smallest absolute Gasteiger partial charge is 0.312 e. The summed E-state index contributed by atoms with van der Waals surface area (Å²) in [6.45, 7) is 4.78. The number of nitrogens with two attached hydrogens (primary N) is 1. The van der Waals surface area contributed by atoms with Crippen LogP contribution in [0.5, 0.6) is 0 Å². The maximum absolute atomic E-state index is 12.7. The van der Waals surface area contributed by atoms with Gasteiger partial charge in [-0.3, -0.25) is 4.79 Å². The fourth-order valence-electron chi connectivity index (χ4n) is 2.80. The van der Waals surface area contributed by atoms with Crippen LogP contribution in [0, 0.1) is 5.92 Å². The molecule has 0 unspecified atom stereocenters. The molecule has 1 atom stereocenters. The van der Waals surface area contributed by atoms with Crippen molar-refractivity contribution < 1.29 is 18.0 Å². The summed E-state index contributed by atoms with van der Waals surface area (Å²) in [7, 11) is -3.61. The largest absolute Gasteiger partial charge is 0.352 e. The highest BCUT2D eigenvalue weighted by Gasteiger charge is 2.33. The molecule has 0 aromatic carbocycles. The molecule has 2 rings (SSSR count). The van der Waals surface area contributed by atoms with Crippen LogP contribution in [0.25, 0.3) is 0 Å². The molecule has 11 heteroatoms. The van der Waals surface area contributed by atoms with Crippen molar-refractivity contribution in [3.05, 3.63) is 16.5 Å². The molecule has 0 saturated carbocycles. The van der Waals surface area contributed by atoms with Gasteiger partial charge in [-0.2, -0.15) is 4.31 Å². The maximum atomic E-state index is 12.7. The average Bonchev–Trinajstić information content (AvgIpc) is 3.00. The Morgan fingerprint density at radius 1 is 1.27 bits per heavy atom. The number of primary amides is 1. The number of piperazine rings is 1. The summed E-state index contributed by atoms with van der Waals surface area (Å²) in [5.74, 6) is -0.0465. The van der Waals surface area contributed by atoms with E-state index in [1.54, 1.807) is 11.0 Å². The topological polar surface area (TPSA) is 113 Å². The SMILES string of the molecule is CC(C)C[C@H](NC(N)=O)C(=O)N1CCN(S(=O)(=O)c2ccc(Cl)s2)CC1. The third-order valence-corrected chi connectivity index (χ3v) is 7.61. The Kier molecular flexibility index (Phi) is 6.89. The van der Waals surface area contributed by atoms with Gasteiger partial charge < -0.3 is 16.0 Å². The van der Waals surface area contributed by atoms with Crippen LogP contribution in [-0.2, 0) is 14.8 Å². The molecule has 1 aromatic rings. The molecule has 0 spiro atoms. The zero-order valence-electron chi connectivity index (χ0n) is 14.6. The lowest BCUT2D eigenvalue weighted by Crippen LogP contribution is -2.56. The van der Waals surface area contributed by atoms with E-state index in [1.165, 1.54) is 10.4 Å². The fourth-order valence-corrected chi connectivity index (χ4v) is 5.86. The van der Waals surface area contributed by atoms with Gasteiger partial charge in [-0.15, -0.1) is 11.3 Å². The van der Waals surface area contributed by atoms with Gasteiger partial charge in [0, 0.05) is 26.2 Å². The zero-order chi connectivity index (χ0) is 19.5. The number of nitrogens with zero attached hydrogens (tertiary/aromatic N) is 2. The number of hydrogen-bond acceptors (Lipinski definition) is 5. The van der Waals surface area contributed by atoms with Gasteiger partial charge >= 0.3 is 6.03 Å². The van der Waals surface area contributed by atoms with Crippen LogP contribution in [0.1, 0.15) is 20.3 Å². The van der Waals surface area contributed by atoms with Gasteiger partial charge in [0.15, 0.2) is 0 Å². The van der Waals surface area contributed by atoms with E-state index in [2.05, 4.69) is 5.32 Å². The van der Waals surface area contributed by atoms with Crippen LogP contribution in [0.2, 0.25) is 4.34 Å². The first-order valence-corrected chi connectivity index (χ1v) is 10.8. The monoisotopic (exact) mass is 422 g/mol. The van der Waals surface area contributed by atoms with Crippen LogP contribution in [0.15, 0.2) is 16.3 Å². The van der Waals surface area contributed by atoms with Gasteiger partial charge in [0.1, 0.15) is 10.3 Å². The van der Waals surface area contributed by atoms with Gasteiger partial charge in [0.05, 0.1) is 4.34 Å². The number of rotatable bonds is 6. The lowest BCUT2D eigenvalue weighted by atomic mass is 10.0. The number of nitrogens with one attached hydrogen (secondary N) is 1. The number of urea groups is 1. The van der Waals surface area contributed by atoms with Crippen LogP contribution < -0.4 is 11.1 Å². The van der Waals surface area contributed by atoms with Crippen LogP contribution in [0.3, 0.4) is 0 Å². The number of carbonyl (C=O) groups is 2. The molecule has 0 bridgehead atoms. The number of hydrogen-bond donors (Lipinski definition) is 2. The third kappa shape index (κ3) is 5.09. The summed E-state index contributed by atoms with van der Waals surface area (Å²) in [6, 6.07) is 1.58. The highest BCUT2D eigenvalue weighted by atomic mass is 35.5. The summed E-state index contributed by atoms with van der Waals surface area (Å²) in [4.78, 5) is 25.4. The number of halogens is 1. The van der Waals surface area contributed by atoms with Crippen molar-refractivity contribution >= 4 is 44.9 Å². The summed E-state index contributed by atoms with van der Waals surface area (Å²) < 4.78 is 27.1. The predicted octanol–water partition coefficient (Wildman–Crippen LogP) is 1.32. The number of thiophene rings is 1. The second-order valence-electron chi connectivity index (χ2n) is 6.48. The quantitative estimate of drug-likeness (QED) is 0.719. The number of amides is 3. The molecule has 0 radical (unpaired) electrons. The van der Waals surface area contributed by atoms with Gasteiger partial charge in [0.25, 0.3) is 10.0 Å². The molecule has 1 aromatic heterocycles. The summed E-state index contributed by atoms with van der Waals surface area (Å²) in [5, 5.41) is 2.48. The molecule has 2 heterocycles. The van der Waals surface area contributed by atoms with Crippen molar-refractivity contribution in [1.82, 2.24) is 14.5 Å². The minimum absolute atomic E-state index is 0.189. The first kappa shape index (κ1) is 20.9. The van der Waals surface area contributed by atoms with E-state index in [0.717, 1.165) is 11.3 Å². The van der Waals surface area contributed by atoms with Gasteiger partial charge in [-0.1, -0.05) is 25.4 Å². The van der Waals surface area contributed by atoms with Crippen molar-refractivity contribution in [1.29, 1.82) is 0 Å². The lowest BCUT2D eigenvalue weighted by Gasteiger charge is -2.35. The van der Waals surface area contributed by atoms with E-state index in [4.69, 9.17) is 17.3 Å². The number of carbonyl (C=O) groups excluding carboxylic acids is 2. The predicted molar refractivity (Wildman–Crippen MR) is 101 cm³/mol. The normalized spacial score (nSPS) is 17.3. The van der Waals surface area contributed by atoms with E-state index >= 15 is 0 Å². The van der Waals surface area contributed by atoms with Crippen molar-refractivity contribution in [2.45, 2.75) is 30.5 Å². The van der Waals surface area contributed by atoms with Gasteiger partial charge in [0.2, 0.25) is 5.91 Å². The molecular weight excluding hydrogens is 400 g/mol. The van der Waals surface area contributed by atoms with Crippen LogP contribution in [-0.4, -0.2) is 61.8 Å².